The molecule has 0 fully saturated rings. The Balaban J connectivity index is 2.09. The lowest BCUT2D eigenvalue weighted by atomic mass is 10.1. The van der Waals surface area contributed by atoms with Crippen LogP contribution < -0.4 is 4.74 Å². The van der Waals surface area contributed by atoms with Gasteiger partial charge in [0.1, 0.15) is 5.75 Å². The van der Waals surface area contributed by atoms with Crippen LogP contribution in [-0.2, 0) is 9.53 Å². The molecule has 0 aliphatic rings. The highest BCUT2D eigenvalue weighted by Gasteiger charge is 2.19. The van der Waals surface area contributed by atoms with Gasteiger partial charge in [0.15, 0.2) is 12.4 Å². The fourth-order valence-corrected chi connectivity index (χ4v) is 3.61. The molecule has 0 amide bonds. The van der Waals surface area contributed by atoms with Crippen molar-refractivity contribution in [2.24, 2.45) is 0 Å². The van der Waals surface area contributed by atoms with Gasteiger partial charge in [-0.2, -0.15) is 0 Å². The number of hydrogen-bond donors (Lipinski definition) is 0. The summed E-state index contributed by atoms with van der Waals surface area (Å²) >= 11 is 3.50. The zero-order valence-electron chi connectivity index (χ0n) is 15.4. The van der Waals surface area contributed by atoms with Crippen molar-refractivity contribution in [3.8, 4) is 11.4 Å². The number of halogens is 1. The maximum absolute atomic E-state index is 12.3. The van der Waals surface area contributed by atoms with Crippen LogP contribution in [0, 0.1) is 6.92 Å². The van der Waals surface area contributed by atoms with Crippen LogP contribution in [0.25, 0.3) is 16.6 Å². The Kier molecular flexibility index (Phi) is 5.65. The summed E-state index contributed by atoms with van der Waals surface area (Å²) in [7, 11) is 0. The lowest BCUT2D eigenvalue weighted by Crippen LogP contribution is -2.14. The molecule has 0 saturated heterocycles. The minimum atomic E-state index is -0.424. The maximum Gasteiger partial charge on any atom is 0.344 e. The molecule has 3 rings (SSSR count). The van der Waals surface area contributed by atoms with E-state index in [4.69, 9.17) is 9.47 Å². The van der Waals surface area contributed by atoms with Gasteiger partial charge < -0.3 is 14.0 Å². The summed E-state index contributed by atoms with van der Waals surface area (Å²) < 4.78 is 13.4. The number of nitrogens with zero attached hydrogens (tertiary/aromatic N) is 1. The first-order valence-corrected chi connectivity index (χ1v) is 9.42. The number of ether oxygens (including phenoxy) is 2. The molecular weight excluding hydrogens is 410 g/mol. The van der Waals surface area contributed by atoms with Crippen LogP contribution >= 0.6 is 15.9 Å². The second kappa shape index (κ2) is 7.96. The van der Waals surface area contributed by atoms with Crippen LogP contribution in [0.5, 0.6) is 5.75 Å². The first-order chi connectivity index (χ1) is 12.9. The van der Waals surface area contributed by atoms with Crippen molar-refractivity contribution < 1.29 is 19.1 Å². The molecule has 0 aliphatic carbocycles. The third-order valence-electron chi connectivity index (χ3n) is 4.26. The summed E-state index contributed by atoms with van der Waals surface area (Å²) in [6.45, 7) is 5.37. The standard InChI is InChI=1S/C21H20BrNO4/c1-4-26-20(25)12-27-17-8-9-19-18(11-17)21(14(3)24)13(2)23(19)16-7-5-6-15(22)10-16/h5-11H,4,12H2,1-3H3. The number of rotatable bonds is 6. The van der Waals surface area contributed by atoms with Gasteiger partial charge in [0.25, 0.3) is 0 Å². The van der Waals surface area contributed by atoms with Crippen LogP contribution in [0.3, 0.4) is 0 Å². The molecule has 0 unspecified atom stereocenters. The van der Waals surface area contributed by atoms with E-state index in [1.165, 1.54) is 0 Å². The van der Waals surface area contributed by atoms with Gasteiger partial charge >= 0.3 is 5.97 Å². The highest BCUT2D eigenvalue weighted by atomic mass is 79.9. The molecule has 6 heteroatoms. The van der Waals surface area contributed by atoms with E-state index in [1.807, 2.05) is 41.8 Å². The summed E-state index contributed by atoms with van der Waals surface area (Å²) in [6.07, 6.45) is 0. The first-order valence-electron chi connectivity index (χ1n) is 8.62. The van der Waals surface area contributed by atoms with Crippen molar-refractivity contribution in [1.82, 2.24) is 4.57 Å². The summed E-state index contributed by atoms with van der Waals surface area (Å²) in [5, 5.41) is 0.793. The molecule has 0 N–H and O–H groups in total. The van der Waals surface area contributed by atoms with E-state index in [0.717, 1.165) is 26.8 Å². The topological polar surface area (TPSA) is 57.5 Å². The Morgan fingerprint density at radius 2 is 1.93 bits per heavy atom. The lowest BCUT2D eigenvalue weighted by Gasteiger charge is -2.10. The van der Waals surface area contributed by atoms with Crippen LogP contribution in [0.4, 0.5) is 0 Å². The second-order valence-corrected chi connectivity index (χ2v) is 7.02. The van der Waals surface area contributed by atoms with E-state index in [0.29, 0.717) is 17.9 Å². The van der Waals surface area contributed by atoms with E-state index in [9.17, 15) is 9.59 Å². The van der Waals surface area contributed by atoms with Gasteiger partial charge in [-0.05, 0) is 57.2 Å². The summed E-state index contributed by atoms with van der Waals surface area (Å²) in [5.74, 6) is 0.0745. The highest BCUT2D eigenvalue weighted by molar-refractivity contribution is 9.10. The normalized spacial score (nSPS) is 10.8. The number of carbonyl (C=O) groups excluding carboxylic acids is 2. The van der Waals surface area contributed by atoms with Gasteiger partial charge in [-0.15, -0.1) is 0 Å². The first kappa shape index (κ1) is 19.2. The van der Waals surface area contributed by atoms with Crippen LogP contribution in [0.1, 0.15) is 29.9 Å². The lowest BCUT2D eigenvalue weighted by molar-refractivity contribution is -0.145. The van der Waals surface area contributed by atoms with E-state index in [2.05, 4.69) is 15.9 Å². The number of fused-ring (bicyclic) bond motifs is 1. The number of carbonyl (C=O) groups is 2. The molecule has 1 aromatic heterocycles. The van der Waals surface area contributed by atoms with Gasteiger partial charge in [0.05, 0.1) is 12.1 Å². The molecule has 0 aliphatic heterocycles. The van der Waals surface area contributed by atoms with E-state index in [1.54, 1.807) is 26.0 Å². The quantitative estimate of drug-likeness (QED) is 0.415. The summed E-state index contributed by atoms with van der Waals surface area (Å²) in [6, 6.07) is 13.4. The average Bonchev–Trinajstić information content (AvgIpc) is 2.91. The Morgan fingerprint density at radius 3 is 2.59 bits per heavy atom. The largest absolute Gasteiger partial charge is 0.482 e. The Hall–Kier alpha value is -2.60. The fourth-order valence-electron chi connectivity index (χ4n) is 3.22. The number of esters is 1. The molecule has 0 radical (unpaired) electrons. The fraction of sp³-hybridized carbons (Fsp3) is 0.238. The Bertz CT molecular complexity index is 1020. The Labute approximate surface area is 166 Å². The molecule has 2 aromatic carbocycles. The SMILES string of the molecule is CCOC(=O)COc1ccc2c(c1)c(C(C)=O)c(C)n2-c1cccc(Br)c1. The van der Waals surface area contributed by atoms with E-state index in [-0.39, 0.29) is 12.4 Å². The Morgan fingerprint density at radius 1 is 1.15 bits per heavy atom. The number of benzene rings is 2. The zero-order valence-corrected chi connectivity index (χ0v) is 17.0. The summed E-state index contributed by atoms with van der Waals surface area (Å²) in [4.78, 5) is 23.8. The molecule has 3 aromatic rings. The van der Waals surface area contributed by atoms with Crippen LogP contribution in [0.2, 0.25) is 0 Å². The third-order valence-corrected chi connectivity index (χ3v) is 4.75. The number of hydrogen-bond acceptors (Lipinski definition) is 4. The molecule has 1 heterocycles. The predicted octanol–water partition coefficient (Wildman–Crippen LogP) is 4.85. The minimum Gasteiger partial charge on any atom is -0.482 e. The van der Waals surface area contributed by atoms with Crippen molar-refractivity contribution in [2.45, 2.75) is 20.8 Å². The van der Waals surface area contributed by atoms with Crippen LogP contribution in [0.15, 0.2) is 46.9 Å². The van der Waals surface area contributed by atoms with Gasteiger partial charge in [0, 0.05) is 26.8 Å². The predicted molar refractivity (Wildman–Crippen MR) is 108 cm³/mol. The molecule has 0 saturated carbocycles. The number of ketones is 1. The van der Waals surface area contributed by atoms with Crippen LogP contribution in [-0.4, -0.2) is 29.5 Å². The molecule has 0 spiro atoms. The second-order valence-electron chi connectivity index (χ2n) is 6.10. The van der Waals surface area contributed by atoms with Gasteiger partial charge in [0.2, 0.25) is 0 Å². The number of Topliss-reactive ketones (excluding diaryl/α,β-unsaturated/α-hetero) is 1. The minimum absolute atomic E-state index is 0.0196. The molecule has 140 valence electrons. The molecule has 5 nitrogen and oxygen atoms in total. The summed E-state index contributed by atoms with van der Waals surface area (Å²) in [5.41, 5.74) is 3.36. The molecule has 0 atom stereocenters. The van der Waals surface area contributed by atoms with Crippen molar-refractivity contribution in [1.29, 1.82) is 0 Å². The average molecular weight is 430 g/mol. The zero-order chi connectivity index (χ0) is 19.6. The number of aromatic nitrogens is 1. The van der Waals surface area contributed by atoms with E-state index >= 15 is 0 Å². The van der Waals surface area contributed by atoms with Gasteiger partial charge in [-0.3, -0.25) is 4.79 Å². The monoisotopic (exact) mass is 429 g/mol. The molecule has 0 bridgehead atoms. The van der Waals surface area contributed by atoms with Crippen molar-refractivity contribution in [2.75, 3.05) is 13.2 Å². The maximum atomic E-state index is 12.3. The smallest absolute Gasteiger partial charge is 0.344 e. The van der Waals surface area contributed by atoms with Gasteiger partial charge in [-0.25, -0.2) is 4.79 Å². The van der Waals surface area contributed by atoms with Crippen molar-refractivity contribution in [3.63, 3.8) is 0 Å². The highest BCUT2D eigenvalue weighted by Crippen LogP contribution is 2.33. The molecular formula is C21H20BrNO4. The van der Waals surface area contributed by atoms with Crippen molar-refractivity contribution >= 4 is 38.6 Å². The molecule has 27 heavy (non-hydrogen) atoms. The van der Waals surface area contributed by atoms with Gasteiger partial charge in [-0.1, -0.05) is 22.0 Å². The third kappa shape index (κ3) is 3.90. The van der Waals surface area contributed by atoms with E-state index < -0.39 is 5.97 Å². The van der Waals surface area contributed by atoms with Crippen molar-refractivity contribution in [3.05, 3.63) is 58.2 Å².